The van der Waals surface area contributed by atoms with Gasteiger partial charge >= 0.3 is 5.97 Å². The Morgan fingerprint density at radius 2 is 1.93 bits per heavy atom. The third-order valence-electron chi connectivity index (χ3n) is 2.68. The van der Waals surface area contributed by atoms with Crippen LogP contribution < -0.4 is 0 Å². The third kappa shape index (κ3) is 3.21. The standard InChI is InChI=1S/C9H14F2O3/c10-9(11)3-1-6(2-4-9)5-7(12)8(13)14/h6-7,12H,1-5H2,(H,13,14). The second-order valence-electron chi connectivity index (χ2n) is 3.89. The maximum absolute atomic E-state index is 12.7. The van der Waals surface area contributed by atoms with E-state index in [0.29, 0.717) is 12.8 Å². The van der Waals surface area contributed by atoms with Crippen LogP contribution in [0.1, 0.15) is 32.1 Å². The second kappa shape index (κ2) is 4.21. The van der Waals surface area contributed by atoms with Gasteiger partial charge < -0.3 is 10.2 Å². The van der Waals surface area contributed by atoms with Crippen molar-refractivity contribution in [2.45, 2.75) is 44.1 Å². The Morgan fingerprint density at radius 1 is 1.43 bits per heavy atom. The zero-order valence-electron chi connectivity index (χ0n) is 7.75. The minimum atomic E-state index is -2.59. The SMILES string of the molecule is O=C(O)C(O)CC1CCC(F)(F)CC1. The smallest absolute Gasteiger partial charge is 0.332 e. The molecule has 0 aliphatic heterocycles. The number of aliphatic hydroxyl groups excluding tert-OH is 1. The Morgan fingerprint density at radius 3 is 2.36 bits per heavy atom. The highest BCUT2D eigenvalue weighted by Gasteiger charge is 2.35. The number of aliphatic hydroxyl groups is 1. The first-order valence-corrected chi connectivity index (χ1v) is 4.69. The van der Waals surface area contributed by atoms with Gasteiger partial charge in [0.15, 0.2) is 6.10 Å². The highest BCUT2D eigenvalue weighted by atomic mass is 19.3. The van der Waals surface area contributed by atoms with E-state index in [4.69, 9.17) is 10.2 Å². The molecule has 0 spiro atoms. The van der Waals surface area contributed by atoms with Crippen LogP contribution in [0, 0.1) is 5.92 Å². The average molecular weight is 208 g/mol. The quantitative estimate of drug-likeness (QED) is 0.741. The summed E-state index contributed by atoms with van der Waals surface area (Å²) >= 11 is 0. The normalized spacial score (nSPS) is 24.5. The van der Waals surface area contributed by atoms with Crippen LogP contribution in [-0.4, -0.2) is 28.2 Å². The van der Waals surface area contributed by atoms with Gasteiger partial charge in [0.25, 0.3) is 0 Å². The lowest BCUT2D eigenvalue weighted by molar-refractivity contribution is -0.148. The van der Waals surface area contributed by atoms with Gasteiger partial charge in [0, 0.05) is 12.8 Å². The van der Waals surface area contributed by atoms with Crippen molar-refractivity contribution in [2.24, 2.45) is 5.92 Å². The Hall–Kier alpha value is -0.710. The van der Waals surface area contributed by atoms with Crippen molar-refractivity contribution in [3.05, 3.63) is 0 Å². The Labute approximate surface area is 80.7 Å². The molecule has 1 rings (SSSR count). The summed E-state index contributed by atoms with van der Waals surface area (Å²) in [5, 5.41) is 17.4. The summed E-state index contributed by atoms with van der Waals surface area (Å²) in [7, 11) is 0. The molecule has 0 radical (unpaired) electrons. The van der Waals surface area contributed by atoms with Crippen LogP contribution in [-0.2, 0) is 4.79 Å². The van der Waals surface area contributed by atoms with Crippen molar-refractivity contribution < 1.29 is 23.8 Å². The van der Waals surface area contributed by atoms with Gasteiger partial charge in [-0.15, -0.1) is 0 Å². The number of aliphatic carboxylic acids is 1. The van der Waals surface area contributed by atoms with E-state index in [9.17, 15) is 13.6 Å². The fourth-order valence-electron chi connectivity index (χ4n) is 1.75. The number of hydrogen-bond acceptors (Lipinski definition) is 2. The highest BCUT2D eigenvalue weighted by molar-refractivity contribution is 5.71. The molecule has 3 nitrogen and oxygen atoms in total. The predicted molar refractivity (Wildman–Crippen MR) is 45.2 cm³/mol. The number of alkyl halides is 2. The molecule has 0 bridgehead atoms. The molecule has 0 aromatic carbocycles. The van der Waals surface area contributed by atoms with Gasteiger partial charge in [-0.05, 0) is 25.2 Å². The van der Waals surface area contributed by atoms with Gasteiger partial charge in [0.05, 0.1) is 0 Å². The van der Waals surface area contributed by atoms with Gasteiger partial charge in [-0.2, -0.15) is 0 Å². The van der Waals surface area contributed by atoms with E-state index in [0.717, 1.165) is 0 Å². The van der Waals surface area contributed by atoms with Gasteiger partial charge in [-0.3, -0.25) is 0 Å². The molecule has 0 heterocycles. The Bertz CT molecular complexity index is 208. The second-order valence-corrected chi connectivity index (χ2v) is 3.89. The molecule has 1 aliphatic carbocycles. The molecule has 1 fully saturated rings. The van der Waals surface area contributed by atoms with Gasteiger partial charge in [0.1, 0.15) is 0 Å². The summed E-state index contributed by atoms with van der Waals surface area (Å²) in [6.45, 7) is 0. The van der Waals surface area contributed by atoms with Gasteiger partial charge in [0.2, 0.25) is 5.92 Å². The molecule has 1 unspecified atom stereocenters. The highest BCUT2D eigenvalue weighted by Crippen LogP contribution is 2.37. The molecule has 0 aromatic rings. The zero-order valence-corrected chi connectivity index (χ0v) is 7.75. The maximum atomic E-state index is 12.7. The van der Waals surface area contributed by atoms with Gasteiger partial charge in [-0.1, -0.05) is 0 Å². The first-order valence-electron chi connectivity index (χ1n) is 4.69. The molecule has 14 heavy (non-hydrogen) atoms. The topological polar surface area (TPSA) is 57.5 Å². The number of rotatable bonds is 3. The lowest BCUT2D eigenvalue weighted by atomic mass is 9.83. The van der Waals surface area contributed by atoms with Crippen LogP contribution in [0.15, 0.2) is 0 Å². The molecule has 1 aliphatic rings. The fraction of sp³-hybridized carbons (Fsp3) is 0.889. The summed E-state index contributed by atoms with van der Waals surface area (Å²) in [6, 6.07) is 0. The number of halogens is 2. The molecule has 0 aromatic heterocycles. The fourth-order valence-corrected chi connectivity index (χ4v) is 1.75. The molecular weight excluding hydrogens is 194 g/mol. The molecule has 2 N–H and O–H groups in total. The minimum Gasteiger partial charge on any atom is -0.479 e. The van der Waals surface area contributed by atoms with Crippen molar-refractivity contribution in [1.82, 2.24) is 0 Å². The molecule has 1 saturated carbocycles. The van der Waals surface area contributed by atoms with Crippen LogP contribution >= 0.6 is 0 Å². The predicted octanol–water partition coefficient (Wildman–Crippen LogP) is 1.65. The summed E-state index contributed by atoms with van der Waals surface area (Å²) in [5.41, 5.74) is 0. The molecule has 0 amide bonds. The van der Waals surface area contributed by atoms with Crippen molar-refractivity contribution in [1.29, 1.82) is 0 Å². The van der Waals surface area contributed by atoms with Crippen LogP contribution in [0.4, 0.5) is 8.78 Å². The van der Waals surface area contributed by atoms with E-state index in [2.05, 4.69) is 0 Å². The van der Waals surface area contributed by atoms with Crippen molar-refractivity contribution in [2.75, 3.05) is 0 Å². The number of carboxylic acids is 1. The van der Waals surface area contributed by atoms with Crippen LogP contribution in [0.25, 0.3) is 0 Å². The lowest BCUT2D eigenvalue weighted by Crippen LogP contribution is -2.29. The summed E-state index contributed by atoms with van der Waals surface area (Å²) in [4.78, 5) is 10.3. The molecule has 82 valence electrons. The van der Waals surface area contributed by atoms with Crippen LogP contribution in [0.5, 0.6) is 0 Å². The van der Waals surface area contributed by atoms with E-state index in [1.54, 1.807) is 0 Å². The summed E-state index contributed by atoms with van der Waals surface area (Å²) in [5.74, 6) is -3.95. The molecular formula is C9H14F2O3. The largest absolute Gasteiger partial charge is 0.479 e. The van der Waals surface area contributed by atoms with Crippen molar-refractivity contribution >= 4 is 5.97 Å². The Balaban J connectivity index is 2.32. The number of carbonyl (C=O) groups is 1. The van der Waals surface area contributed by atoms with E-state index in [-0.39, 0.29) is 25.2 Å². The summed E-state index contributed by atoms with van der Waals surface area (Å²) in [6.07, 6.45) is -1.10. The lowest BCUT2D eigenvalue weighted by Gasteiger charge is -2.28. The van der Waals surface area contributed by atoms with Crippen LogP contribution in [0.2, 0.25) is 0 Å². The van der Waals surface area contributed by atoms with E-state index in [1.165, 1.54) is 0 Å². The molecule has 1 atom stereocenters. The molecule has 0 saturated heterocycles. The van der Waals surface area contributed by atoms with Crippen molar-refractivity contribution in [3.8, 4) is 0 Å². The van der Waals surface area contributed by atoms with Crippen LogP contribution in [0.3, 0.4) is 0 Å². The van der Waals surface area contributed by atoms with E-state index in [1.807, 2.05) is 0 Å². The monoisotopic (exact) mass is 208 g/mol. The third-order valence-corrected chi connectivity index (χ3v) is 2.68. The summed E-state index contributed by atoms with van der Waals surface area (Å²) < 4.78 is 25.4. The number of carboxylic acid groups (broad SMARTS) is 1. The molecule has 5 heteroatoms. The van der Waals surface area contributed by atoms with Gasteiger partial charge in [-0.25, -0.2) is 13.6 Å². The van der Waals surface area contributed by atoms with E-state index >= 15 is 0 Å². The average Bonchev–Trinajstić information content (AvgIpc) is 2.08. The first-order chi connectivity index (χ1) is 6.41. The zero-order chi connectivity index (χ0) is 10.8. The Kier molecular flexibility index (Phi) is 3.42. The first kappa shape index (κ1) is 11.4. The number of hydrogen-bond donors (Lipinski definition) is 2. The van der Waals surface area contributed by atoms with E-state index < -0.39 is 18.0 Å². The minimum absolute atomic E-state index is 0.0827. The van der Waals surface area contributed by atoms with Crippen molar-refractivity contribution in [3.63, 3.8) is 0 Å². The maximum Gasteiger partial charge on any atom is 0.332 e.